The van der Waals surface area contributed by atoms with E-state index in [2.05, 4.69) is 228 Å². The molecule has 83 heavy (non-hydrogen) atoms. The predicted molar refractivity (Wildman–Crippen MR) is 340 cm³/mol. The first-order valence-corrected chi connectivity index (χ1v) is 29.1. The van der Waals surface area contributed by atoms with Crippen molar-refractivity contribution in [1.29, 1.82) is 0 Å². The molecule has 6 aromatic heterocycles. The number of pyridine rings is 2. The van der Waals surface area contributed by atoms with Gasteiger partial charge in [0.1, 0.15) is 34.2 Å². The largest absolute Gasteiger partial charge is 0.457 e. The van der Waals surface area contributed by atoms with Crippen molar-refractivity contribution in [3.8, 4) is 67.9 Å². The van der Waals surface area contributed by atoms with Crippen molar-refractivity contribution in [2.45, 2.75) is 92.9 Å². The molecule has 0 saturated heterocycles. The first kappa shape index (κ1) is 51.5. The number of hydrogen-bond donors (Lipinski definition) is 0. The minimum atomic E-state index is 0.163. The van der Waals surface area contributed by atoms with Crippen LogP contribution in [-0.4, -0.2) is 29.1 Å². The van der Waals surface area contributed by atoms with Crippen LogP contribution < -0.4 is 4.74 Å². The van der Waals surface area contributed by atoms with Crippen LogP contribution in [0.3, 0.4) is 0 Å². The average molecular weight is 1090 g/mol. The third kappa shape index (κ3) is 8.67. The molecule has 0 fully saturated rings. The van der Waals surface area contributed by atoms with E-state index in [0.29, 0.717) is 34.0 Å². The second-order valence-electron chi connectivity index (χ2n) is 23.4. The number of ether oxygens (including phenoxy) is 1. The Balaban J connectivity index is 1.01. The molecule has 0 radical (unpaired) electrons. The van der Waals surface area contributed by atoms with E-state index < -0.39 is 0 Å². The van der Waals surface area contributed by atoms with Crippen LogP contribution in [0.2, 0.25) is 0 Å². The van der Waals surface area contributed by atoms with Crippen LogP contribution in [0.25, 0.3) is 123 Å². The van der Waals surface area contributed by atoms with Crippen LogP contribution >= 0.6 is 0 Å². The first-order valence-electron chi connectivity index (χ1n) is 29.1. The lowest BCUT2D eigenvalue weighted by atomic mass is 9.88. The molecule has 0 unspecified atom stereocenters. The maximum atomic E-state index is 7.29. The third-order valence-electron chi connectivity index (χ3n) is 16.4. The normalized spacial score (nSPS) is 12.2. The molecule has 408 valence electrons. The highest BCUT2D eigenvalue weighted by molar-refractivity contribution is 6.22. The lowest BCUT2D eigenvalue weighted by molar-refractivity contribution is 0.483. The lowest BCUT2D eigenvalue weighted by Crippen LogP contribution is -2.09. The summed E-state index contributed by atoms with van der Waals surface area (Å²) in [6, 6.07) is 64.3. The van der Waals surface area contributed by atoms with Crippen LogP contribution in [0.4, 0.5) is 0 Å². The van der Waals surface area contributed by atoms with Crippen molar-refractivity contribution in [2.24, 2.45) is 0 Å². The third-order valence-corrected chi connectivity index (χ3v) is 16.4. The predicted octanol–water partition coefficient (Wildman–Crippen LogP) is 20.5. The molecule has 0 spiro atoms. The number of rotatable bonds is 12. The fraction of sp³-hybridized carbons (Fsp3) is 0.189. The van der Waals surface area contributed by atoms with Gasteiger partial charge in [-0.05, 0) is 167 Å². The molecule has 9 heteroatoms. The van der Waals surface area contributed by atoms with E-state index in [1.807, 2.05) is 32.0 Å². The van der Waals surface area contributed by atoms with Gasteiger partial charge in [-0.25, -0.2) is 19.9 Å². The topological polar surface area (TPSA) is 96.9 Å². The minimum Gasteiger partial charge on any atom is -0.457 e. The zero-order valence-electron chi connectivity index (χ0n) is 48.5. The molecule has 0 aliphatic rings. The quantitative estimate of drug-likeness (QED) is 0.120. The molecule has 0 N–H and O–H groups in total. The summed E-state index contributed by atoms with van der Waals surface area (Å²) in [5, 5.41) is 2.45. The van der Waals surface area contributed by atoms with Gasteiger partial charge in [0.05, 0.1) is 55.5 Å². The smallest absolute Gasteiger partial charge is 0.229 e. The fourth-order valence-electron chi connectivity index (χ4n) is 12.4. The summed E-state index contributed by atoms with van der Waals surface area (Å²) in [6.07, 6.45) is 0. The van der Waals surface area contributed by atoms with Crippen molar-refractivity contribution in [1.82, 2.24) is 29.1 Å². The van der Waals surface area contributed by atoms with Gasteiger partial charge in [0, 0.05) is 16.6 Å². The summed E-state index contributed by atoms with van der Waals surface area (Å²) in [4.78, 5) is 21.0. The Morgan fingerprint density at radius 3 is 1.48 bits per heavy atom. The Morgan fingerprint density at radius 1 is 0.398 bits per heavy atom. The highest BCUT2D eigenvalue weighted by Crippen LogP contribution is 2.48. The van der Waals surface area contributed by atoms with Crippen molar-refractivity contribution >= 4 is 66.2 Å². The number of benzene rings is 8. The lowest BCUT2D eigenvalue weighted by Gasteiger charge is -2.24. The number of aromatic nitrogens is 6. The summed E-state index contributed by atoms with van der Waals surface area (Å²) < 4.78 is 26.0. The van der Waals surface area contributed by atoms with Crippen LogP contribution in [0, 0.1) is 13.8 Å². The van der Waals surface area contributed by atoms with E-state index in [9.17, 15) is 0 Å². The first-order chi connectivity index (χ1) is 40.3. The van der Waals surface area contributed by atoms with Crippen LogP contribution in [0.5, 0.6) is 11.5 Å². The van der Waals surface area contributed by atoms with E-state index in [4.69, 9.17) is 33.5 Å². The molecule has 0 saturated carbocycles. The molecule has 9 nitrogen and oxygen atoms in total. The van der Waals surface area contributed by atoms with Crippen LogP contribution in [0.1, 0.15) is 113 Å². The van der Waals surface area contributed by atoms with Crippen LogP contribution in [-0.2, 0) is 0 Å². The van der Waals surface area contributed by atoms with E-state index in [-0.39, 0.29) is 23.7 Å². The van der Waals surface area contributed by atoms with Crippen molar-refractivity contribution in [3.63, 3.8) is 0 Å². The van der Waals surface area contributed by atoms with Gasteiger partial charge in [-0.15, -0.1) is 0 Å². The molecule has 0 amide bonds. The van der Waals surface area contributed by atoms with Gasteiger partial charge in [0.25, 0.3) is 0 Å². The van der Waals surface area contributed by atoms with Crippen LogP contribution in [0.15, 0.2) is 191 Å². The molecule has 0 bridgehead atoms. The Bertz CT molecular complexity index is 4800. The van der Waals surface area contributed by atoms with Gasteiger partial charge in [-0.2, -0.15) is 0 Å². The zero-order valence-corrected chi connectivity index (χ0v) is 48.5. The number of hydrogen-bond acceptors (Lipinski definition) is 7. The second-order valence-corrected chi connectivity index (χ2v) is 23.4. The fourth-order valence-corrected chi connectivity index (χ4v) is 12.4. The van der Waals surface area contributed by atoms with Crippen molar-refractivity contribution < 1.29 is 13.6 Å². The van der Waals surface area contributed by atoms with Crippen molar-refractivity contribution in [3.05, 3.63) is 216 Å². The van der Waals surface area contributed by atoms with Gasteiger partial charge in [-0.3, -0.25) is 9.13 Å². The molecule has 14 aromatic rings. The molecule has 6 heterocycles. The van der Waals surface area contributed by atoms with Gasteiger partial charge in [-0.1, -0.05) is 152 Å². The number of para-hydroxylation sites is 4. The molecule has 8 aromatic carbocycles. The Kier molecular flexibility index (Phi) is 12.5. The van der Waals surface area contributed by atoms with E-state index in [1.165, 1.54) is 44.5 Å². The highest BCUT2D eigenvalue weighted by Gasteiger charge is 2.30. The summed E-state index contributed by atoms with van der Waals surface area (Å²) in [6.45, 7) is 22.3. The molecule has 14 rings (SSSR count). The standard InChI is InChI=1S/C74H64N6O3/c1-41(2)55-35-50(47-22-13-11-14-23-47)36-56(42(3)4)67(55)79-63-30-19-17-28-61(63)77-72(79)49-26-21-27-52(34-49)81-53-39-59-65-69(46(10)76-66-54-33-32-45(9)75-74(54)83-71(65)66)82-70(59)60(40-53)73-78-62-29-18-20-31-64(62)80(73)68-57(43(5)6)37-51(38-58(68)44(7)8)48-24-15-12-16-25-48/h11-44H,1-10H3. The second kappa shape index (κ2) is 20.1. The summed E-state index contributed by atoms with van der Waals surface area (Å²) >= 11 is 0. The number of fused-ring (bicyclic) bond motifs is 9. The Labute approximate surface area is 482 Å². The molecular formula is C74H64N6O3. The molecule has 0 atom stereocenters. The number of imidazole rings is 2. The summed E-state index contributed by atoms with van der Waals surface area (Å²) in [5.74, 6) is 3.56. The monoisotopic (exact) mass is 1080 g/mol. The van der Waals surface area contributed by atoms with E-state index in [0.717, 1.165) is 89.3 Å². The summed E-state index contributed by atoms with van der Waals surface area (Å²) in [7, 11) is 0. The van der Waals surface area contributed by atoms with Gasteiger partial charge < -0.3 is 13.6 Å². The highest BCUT2D eigenvalue weighted by atomic mass is 16.5. The maximum Gasteiger partial charge on any atom is 0.229 e. The molecule has 0 aliphatic heterocycles. The Morgan fingerprint density at radius 2 is 0.916 bits per heavy atom. The molecule has 0 aliphatic carbocycles. The SMILES string of the molecule is Cc1ccc2c(n1)oc1c2nc(C)c2oc3c(-c4nc5ccccc5n4-c4c(C(C)C)cc(-c5ccccc5)cc4C(C)C)cc(Oc4cccc(-c5nc6ccccc6n5-c5c(C(C)C)cc(-c6ccccc6)cc5C(C)C)c4)cc3c21. The van der Waals surface area contributed by atoms with E-state index >= 15 is 0 Å². The number of aryl methyl sites for hydroxylation is 2. The molecular weight excluding hydrogens is 1020 g/mol. The minimum absolute atomic E-state index is 0.163. The van der Waals surface area contributed by atoms with Crippen molar-refractivity contribution in [2.75, 3.05) is 0 Å². The maximum absolute atomic E-state index is 7.29. The average Bonchev–Trinajstić information content (AvgIpc) is 3.91. The number of furan rings is 2. The van der Waals surface area contributed by atoms with Gasteiger partial charge in [0.2, 0.25) is 5.71 Å². The number of nitrogens with zero attached hydrogens (tertiary/aromatic N) is 6. The Hall–Kier alpha value is -9.60. The zero-order chi connectivity index (χ0) is 56.9. The van der Waals surface area contributed by atoms with E-state index in [1.54, 1.807) is 0 Å². The van der Waals surface area contributed by atoms with Gasteiger partial charge >= 0.3 is 0 Å². The summed E-state index contributed by atoms with van der Waals surface area (Å²) in [5.41, 5.74) is 22.2. The van der Waals surface area contributed by atoms with Gasteiger partial charge in [0.15, 0.2) is 11.2 Å².